The van der Waals surface area contributed by atoms with Gasteiger partial charge in [-0.3, -0.25) is 0 Å². The highest BCUT2D eigenvalue weighted by atomic mass is 15.1. The van der Waals surface area contributed by atoms with Crippen LogP contribution in [0.1, 0.15) is 62.9 Å². The summed E-state index contributed by atoms with van der Waals surface area (Å²) in [6.07, 6.45) is 9.29. The Morgan fingerprint density at radius 2 is 0.589 bits per heavy atom. The Morgan fingerprint density at radius 1 is 0.244 bits per heavy atom. The maximum atomic E-state index is 2.58. The molecule has 13 aromatic carbocycles. The fraction of sp³-hybridized carbons (Fsp3) is 0.0455. The molecule has 0 aliphatic heterocycles. The SMILES string of the molecule is C1=C(/C=C/c2ccc3c(c2)C2(c4ccccc4-c4ccccc42)c2cc(N(c4ccccc4)c4ccc(-c5ccccc5)cc4)ccc2-3)CCC2=C1C1(c3cc(N(c4ccccc4)c4ccc(-c5ccccc5)cc4)ccc32)c2ccccc2-c2ccccc21. The fourth-order valence-corrected chi connectivity index (χ4v) is 16.2. The number of nitrogens with zero attached hydrogens (tertiary/aromatic N) is 2. The molecular weight excluding hydrogens is 1080 g/mol. The summed E-state index contributed by atoms with van der Waals surface area (Å²) in [6.45, 7) is 0. The molecule has 13 aromatic rings. The highest BCUT2D eigenvalue weighted by Crippen LogP contribution is 2.66. The molecule has 0 unspecified atom stereocenters. The van der Waals surface area contributed by atoms with Crippen molar-refractivity contribution in [2.24, 2.45) is 0 Å². The topological polar surface area (TPSA) is 6.48 Å². The van der Waals surface area contributed by atoms with Gasteiger partial charge in [-0.2, -0.15) is 0 Å². The minimum absolute atomic E-state index is 0.511. The molecule has 0 aromatic heterocycles. The molecule has 90 heavy (non-hydrogen) atoms. The van der Waals surface area contributed by atoms with Crippen molar-refractivity contribution in [3.63, 3.8) is 0 Å². The Labute approximate surface area is 526 Å². The normalized spacial score (nSPS) is 14.5. The number of anilines is 6. The van der Waals surface area contributed by atoms with Gasteiger partial charge in [-0.05, 0) is 214 Å². The lowest BCUT2D eigenvalue weighted by atomic mass is 9.68. The first-order valence-electron chi connectivity index (χ1n) is 31.6. The predicted octanol–water partition coefficient (Wildman–Crippen LogP) is 22.8. The highest BCUT2D eigenvalue weighted by Gasteiger charge is 2.54. The molecule has 2 heteroatoms. The number of allylic oxidation sites excluding steroid dienone is 5. The van der Waals surface area contributed by atoms with Crippen molar-refractivity contribution in [2.45, 2.75) is 23.7 Å². The molecule has 2 spiro atoms. The van der Waals surface area contributed by atoms with Gasteiger partial charge in [0.05, 0.1) is 10.8 Å². The van der Waals surface area contributed by atoms with Gasteiger partial charge in [0.25, 0.3) is 0 Å². The molecule has 5 aliphatic carbocycles. The summed E-state index contributed by atoms with van der Waals surface area (Å²) >= 11 is 0. The average Bonchev–Trinajstić information content (AvgIpc) is 1.53. The number of fused-ring (bicyclic) bond motifs is 19. The van der Waals surface area contributed by atoms with Crippen molar-refractivity contribution in [1.82, 2.24) is 0 Å². The molecule has 0 atom stereocenters. The van der Waals surface area contributed by atoms with Gasteiger partial charge < -0.3 is 9.80 Å². The van der Waals surface area contributed by atoms with E-state index in [2.05, 4.69) is 350 Å². The summed E-state index contributed by atoms with van der Waals surface area (Å²) in [7, 11) is 0. The van der Waals surface area contributed by atoms with Crippen LogP contribution in [0.15, 0.2) is 345 Å². The van der Waals surface area contributed by atoms with Crippen LogP contribution in [0.4, 0.5) is 34.1 Å². The van der Waals surface area contributed by atoms with Gasteiger partial charge in [-0.25, -0.2) is 0 Å². The second-order valence-corrected chi connectivity index (χ2v) is 24.6. The summed E-state index contributed by atoms with van der Waals surface area (Å²) in [5.41, 5.74) is 34.3. The van der Waals surface area contributed by atoms with Crippen LogP contribution in [0, 0.1) is 0 Å². The third-order valence-corrected chi connectivity index (χ3v) is 20.0. The van der Waals surface area contributed by atoms with E-state index in [0.717, 1.165) is 47.0 Å². The quantitative estimate of drug-likeness (QED) is 0.135. The van der Waals surface area contributed by atoms with Crippen LogP contribution in [0.5, 0.6) is 0 Å². The van der Waals surface area contributed by atoms with Crippen LogP contribution in [0.25, 0.3) is 67.3 Å². The maximum Gasteiger partial charge on any atom is 0.0726 e. The number of hydrogen-bond acceptors (Lipinski definition) is 2. The fourth-order valence-electron chi connectivity index (χ4n) is 16.2. The predicted molar refractivity (Wildman–Crippen MR) is 374 cm³/mol. The molecule has 0 amide bonds. The van der Waals surface area contributed by atoms with Gasteiger partial charge >= 0.3 is 0 Å². The Balaban J connectivity index is 0.757. The zero-order valence-corrected chi connectivity index (χ0v) is 49.6. The molecule has 0 saturated heterocycles. The molecule has 0 bridgehead atoms. The van der Waals surface area contributed by atoms with E-state index in [9.17, 15) is 0 Å². The molecule has 0 radical (unpaired) electrons. The number of rotatable bonds is 10. The second kappa shape index (κ2) is 20.7. The number of para-hydroxylation sites is 2. The number of benzene rings is 13. The largest absolute Gasteiger partial charge is 0.310 e. The van der Waals surface area contributed by atoms with Crippen LogP contribution in [0.3, 0.4) is 0 Å². The van der Waals surface area contributed by atoms with Crippen LogP contribution < -0.4 is 9.80 Å². The summed E-state index contributed by atoms with van der Waals surface area (Å²) in [5.74, 6) is 0. The van der Waals surface area contributed by atoms with Gasteiger partial charge in [-0.15, -0.1) is 0 Å². The third kappa shape index (κ3) is 7.77. The molecule has 0 saturated carbocycles. The molecule has 0 N–H and O–H groups in total. The van der Waals surface area contributed by atoms with Crippen molar-refractivity contribution in [3.05, 3.63) is 395 Å². The van der Waals surface area contributed by atoms with Gasteiger partial charge in [-0.1, -0.05) is 261 Å². The molecule has 2 nitrogen and oxygen atoms in total. The van der Waals surface area contributed by atoms with E-state index in [0.29, 0.717) is 0 Å². The van der Waals surface area contributed by atoms with Gasteiger partial charge in [0, 0.05) is 34.1 Å². The first-order chi connectivity index (χ1) is 44.6. The van der Waals surface area contributed by atoms with Crippen LogP contribution in [0.2, 0.25) is 0 Å². The Hall–Kier alpha value is -11.3. The summed E-state index contributed by atoms with van der Waals surface area (Å²) < 4.78 is 0. The molecule has 18 rings (SSSR count). The Morgan fingerprint density at radius 3 is 1.07 bits per heavy atom. The van der Waals surface area contributed by atoms with Crippen molar-refractivity contribution >= 4 is 45.8 Å². The minimum atomic E-state index is -0.549. The summed E-state index contributed by atoms with van der Waals surface area (Å²) in [4.78, 5) is 4.86. The van der Waals surface area contributed by atoms with Crippen molar-refractivity contribution < 1.29 is 0 Å². The van der Waals surface area contributed by atoms with E-state index in [1.54, 1.807) is 0 Å². The van der Waals surface area contributed by atoms with E-state index in [-0.39, 0.29) is 0 Å². The average molecular weight is 1150 g/mol. The van der Waals surface area contributed by atoms with Crippen LogP contribution in [-0.4, -0.2) is 0 Å². The maximum absolute atomic E-state index is 2.58. The third-order valence-electron chi connectivity index (χ3n) is 20.0. The van der Waals surface area contributed by atoms with Crippen molar-refractivity contribution in [1.29, 1.82) is 0 Å². The van der Waals surface area contributed by atoms with E-state index in [4.69, 9.17) is 0 Å². The van der Waals surface area contributed by atoms with Crippen molar-refractivity contribution in [2.75, 3.05) is 9.80 Å². The van der Waals surface area contributed by atoms with Gasteiger partial charge in [0.2, 0.25) is 0 Å². The summed E-state index contributed by atoms with van der Waals surface area (Å²) in [5, 5.41) is 0. The van der Waals surface area contributed by atoms with Gasteiger partial charge in [0.1, 0.15) is 0 Å². The highest BCUT2D eigenvalue weighted by molar-refractivity contribution is 5.99. The van der Waals surface area contributed by atoms with Crippen LogP contribution >= 0.6 is 0 Å². The second-order valence-electron chi connectivity index (χ2n) is 24.6. The molecule has 0 fully saturated rings. The molecule has 422 valence electrons. The zero-order chi connectivity index (χ0) is 59.3. The smallest absolute Gasteiger partial charge is 0.0726 e. The minimum Gasteiger partial charge on any atom is -0.310 e. The lowest BCUT2D eigenvalue weighted by molar-refractivity contribution is 0.778. The van der Waals surface area contributed by atoms with E-state index in [1.165, 1.54) is 122 Å². The lowest BCUT2D eigenvalue weighted by Gasteiger charge is -2.34. The lowest BCUT2D eigenvalue weighted by Crippen LogP contribution is -2.27. The Bertz CT molecular complexity index is 5000. The van der Waals surface area contributed by atoms with Gasteiger partial charge in [0.15, 0.2) is 0 Å². The molecule has 5 aliphatic rings. The number of hydrogen-bond donors (Lipinski definition) is 0. The summed E-state index contributed by atoms with van der Waals surface area (Å²) in [6, 6.07) is 120. The van der Waals surface area contributed by atoms with E-state index in [1.807, 2.05) is 0 Å². The van der Waals surface area contributed by atoms with E-state index >= 15 is 0 Å². The Kier molecular flexibility index (Phi) is 11.9. The first-order valence-corrected chi connectivity index (χ1v) is 31.6. The van der Waals surface area contributed by atoms with Crippen LogP contribution in [-0.2, 0) is 10.8 Å². The van der Waals surface area contributed by atoms with E-state index < -0.39 is 10.8 Å². The standard InChI is InChI=1S/C88H60N2/c1-5-21-61(22-6-1)63-41-45-67(46-42-63)89(65-25-9-3-10-26-65)69-49-53-77-75-51-39-59(55-83(75)87(85(77)57-69)79-33-17-13-29-71(79)72-30-14-18-34-80(72)87)37-38-60-40-52-76-78-54-50-70(90(66-27-11-4-12-28-66)68-47-43-64(44-48-68)62-23-7-2-8-24-62)58-86(78)88(84(76)56-60)81-35-19-15-31-73(81)74-32-16-20-36-82(74)88/h1-39,41-51,53-58H,40,52H2/b38-37+. The molecular formula is C88H60N2. The first kappa shape index (κ1) is 51.9. The monoisotopic (exact) mass is 1140 g/mol. The van der Waals surface area contributed by atoms with Crippen molar-refractivity contribution in [3.8, 4) is 55.6 Å². The molecule has 0 heterocycles. The zero-order valence-electron chi connectivity index (χ0n) is 49.6.